The first-order chi connectivity index (χ1) is 7.63. The third-order valence-corrected chi connectivity index (χ3v) is 2.70. The second-order valence-corrected chi connectivity index (χ2v) is 3.99. The van der Waals surface area contributed by atoms with E-state index in [0.717, 1.165) is 19.4 Å². The number of carbonyl (C=O) groups excluding carboxylic acids is 2. The maximum absolute atomic E-state index is 11.6. The fourth-order valence-electron chi connectivity index (χ4n) is 1.70. The number of nitrogens with zero attached hydrogens (tertiary/aromatic N) is 1. The van der Waals surface area contributed by atoms with Gasteiger partial charge in [0.1, 0.15) is 0 Å². The molecule has 16 heavy (non-hydrogen) atoms. The molecule has 5 heteroatoms. The van der Waals surface area contributed by atoms with E-state index in [-0.39, 0.29) is 30.8 Å². The van der Waals surface area contributed by atoms with Crippen LogP contribution >= 0.6 is 0 Å². The lowest BCUT2D eigenvalue weighted by Crippen LogP contribution is -2.34. The molecule has 0 saturated carbocycles. The Kier molecular flexibility index (Phi) is 5.25. The Morgan fingerprint density at radius 1 is 1.44 bits per heavy atom. The monoisotopic (exact) mass is 229 g/mol. The Hall–Kier alpha value is -1.10. The van der Waals surface area contributed by atoms with Crippen molar-refractivity contribution in [2.45, 2.75) is 31.8 Å². The lowest BCUT2D eigenvalue weighted by molar-refractivity contribution is -0.143. The van der Waals surface area contributed by atoms with Crippen LogP contribution in [0.2, 0.25) is 0 Å². The molecule has 0 spiro atoms. The second-order valence-electron chi connectivity index (χ2n) is 3.99. The molecule has 1 fully saturated rings. The molecule has 1 unspecified atom stereocenters. The standard InChI is InChI=1S/C11H19NO4/c1-12(8-9-4-3-7-16-9)10(13)5-6-11(14)15-2/h9H,3-8H2,1-2H3. The zero-order valence-electron chi connectivity index (χ0n) is 9.90. The highest BCUT2D eigenvalue weighted by Crippen LogP contribution is 2.13. The van der Waals surface area contributed by atoms with Gasteiger partial charge in [-0.25, -0.2) is 0 Å². The first-order valence-corrected chi connectivity index (χ1v) is 5.56. The van der Waals surface area contributed by atoms with E-state index < -0.39 is 0 Å². The quantitative estimate of drug-likeness (QED) is 0.647. The average Bonchev–Trinajstić information content (AvgIpc) is 2.77. The molecule has 1 aliphatic rings. The first kappa shape index (κ1) is 13.0. The number of esters is 1. The number of ether oxygens (including phenoxy) is 2. The molecule has 1 saturated heterocycles. The fraction of sp³-hybridized carbons (Fsp3) is 0.818. The number of amides is 1. The predicted molar refractivity (Wildman–Crippen MR) is 57.9 cm³/mol. The summed E-state index contributed by atoms with van der Waals surface area (Å²) in [4.78, 5) is 24.1. The van der Waals surface area contributed by atoms with Crippen molar-refractivity contribution in [3.8, 4) is 0 Å². The van der Waals surface area contributed by atoms with Crippen LogP contribution in [0.15, 0.2) is 0 Å². The van der Waals surface area contributed by atoms with Crippen LogP contribution in [-0.2, 0) is 19.1 Å². The summed E-state index contributed by atoms with van der Waals surface area (Å²) >= 11 is 0. The van der Waals surface area contributed by atoms with Crippen LogP contribution in [0.5, 0.6) is 0 Å². The van der Waals surface area contributed by atoms with E-state index in [9.17, 15) is 9.59 Å². The van der Waals surface area contributed by atoms with Crippen molar-refractivity contribution in [1.29, 1.82) is 0 Å². The summed E-state index contributed by atoms with van der Waals surface area (Å²) in [6.07, 6.45) is 2.58. The maximum atomic E-state index is 11.6. The summed E-state index contributed by atoms with van der Waals surface area (Å²) in [7, 11) is 3.06. The highest BCUT2D eigenvalue weighted by molar-refractivity contribution is 5.81. The summed E-state index contributed by atoms with van der Waals surface area (Å²) in [5.74, 6) is -0.389. The molecule has 1 rings (SSSR count). The molecular formula is C11H19NO4. The van der Waals surface area contributed by atoms with Gasteiger partial charge in [0.15, 0.2) is 0 Å². The summed E-state index contributed by atoms with van der Waals surface area (Å²) in [6.45, 7) is 1.40. The molecule has 1 heterocycles. The predicted octanol–water partition coefficient (Wildman–Crippen LogP) is 0.577. The van der Waals surface area contributed by atoms with Gasteiger partial charge in [-0.2, -0.15) is 0 Å². The van der Waals surface area contributed by atoms with Crippen LogP contribution in [0.1, 0.15) is 25.7 Å². The van der Waals surface area contributed by atoms with Gasteiger partial charge in [0.2, 0.25) is 5.91 Å². The molecule has 0 aromatic rings. The molecule has 0 aromatic carbocycles. The van der Waals surface area contributed by atoms with Crippen LogP contribution in [0, 0.1) is 0 Å². The molecule has 1 amide bonds. The fourth-order valence-corrected chi connectivity index (χ4v) is 1.70. The van der Waals surface area contributed by atoms with Crippen molar-refractivity contribution < 1.29 is 19.1 Å². The van der Waals surface area contributed by atoms with Gasteiger partial charge in [-0.1, -0.05) is 0 Å². The Bertz CT molecular complexity index is 248. The minimum Gasteiger partial charge on any atom is -0.469 e. The molecule has 0 radical (unpaired) electrons. The zero-order chi connectivity index (χ0) is 12.0. The summed E-state index contributed by atoms with van der Waals surface area (Å²) in [5, 5.41) is 0. The van der Waals surface area contributed by atoms with Gasteiger partial charge in [0, 0.05) is 26.6 Å². The normalized spacial score (nSPS) is 19.5. The third kappa shape index (κ3) is 4.18. The highest BCUT2D eigenvalue weighted by Gasteiger charge is 2.20. The minimum absolute atomic E-state index is 0.0408. The molecule has 0 N–H and O–H groups in total. The number of likely N-dealkylation sites (N-methyl/N-ethyl adjacent to an activating group) is 1. The summed E-state index contributed by atoms with van der Waals surface area (Å²) in [6, 6.07) is 0. The lowest BCUT2D eigenvalue weighted by atomic mass is 10.2. The number of rotatable bonds is 5. The van der Waals surface area contributed by atoms with Crippen LogP contribution in [0.3, 0.4) is 0 Å². The Labute approximate surface area is 95.7 Å². The van der Waals surface area contributed by atoms with Crippen LogP contribution in [0.4, 0.5) is 0 Å². The van der Waals surface area contributed by atoms with Crippen molar-refractivity contribution in [1.82, 2.24) is 4.90 Å². The van der Waals surface area contributed by atoms with E-state index in [1.165, 1.54) is 7.11 Å². The number of methoxy groups -OCH3 is 1. The van der Waals surface area contributed by atoms with E-state index in [2.05, 4.69) is 4.74 Å². The van der Waals surface area contributed by atoms with Crippen molar-refractivity contribution in [3.63, 3.8) is 0 Å². The van der Waals surface area contributed by atoms with Crippen molar-refractivity contribution >= 4 is 11.9 Å². The second kappa shape index (κ2) is 6.48. The van der Waals surface area contributed by atoms with Gasteiger partial charge in [0.05, 0.1) is 19.6 Å². The number of hydrogen-bond donors (Lipinski definition) is 0. The van der Waals surface area contributed by atoms with Crippen LogP contribution in [0.25, 0.3) is 0 Å². The maximum Gasteiger partial charge on any atom is 0.306 e. The molecule has 1 atom stereocenters. The molecule has 1 aliphatic heterocycles. The van der Waals surface area contributed by atoms with Crippen LogP contribution in [-0.4, -0.2) is 50.2 Å². The summed E-state index contributed by atoms with van der Waals surface area (Å²) < 4.78 is 9.91. The van der Waals surface area contributed by atoms with E-state index in [1.807, 2.05) is 0 Å². The van der Waals surface area contributed by atoms with Gasteiger partial charge >= 0.3 is 5.97 Å². The van der Waals surface area contributed by atoms with Crippen molar-refractivity contribution in [2.75, 3.05) is 27.3 Å². The molecule has 0 aromatic heterocycles. The van der Waals surface area contributed by atoms with E-state index in [0.29, 0.717) is 6.54 Å². The van der Waals surface area contributed by atoms with Gasteiger partial charge in [-0.15, -0.1) is 0 Å². The smallest absolute Gasteiger partial charge is 0.306 e. The molecule has 0 bridgehead atoms. The summed E-state index contributed by atoms with van der Waals surface area (Å²) in [5.41, 5.74) is 0. The third-order valence-electron chi connectivity index (χ3n) is 2.70. The molecular weight excluding hydrogens is 210 g/mol. The Morgan fingerprint density at radius 2 is 2.19 bits per heavy atom. The van der Waals surface area contributed by atoms with E-state index in [4.69, 9.17) is 4.74 Å². The van der Waals surface area contributed by atoms with Crippen LogP contribution < -0.4 is 0 Å². The largest absolute Gasteiger partial charge is 0.469 e. The zero-order valence-corrected chi connectivity index (χ0v) is 9.90. The Balaban J connectivity index is 2.21. The van der Waals surface area contributed by atoms with Gasteiger partial charge in [-0.3, -0.25) is 9.59 Å². The highest BCUT2D eigenvalue weighted by atomic mass is 16.5. The lowest BCUT2D eigenvalue weighted by Gasteiger charge is -2.20. The van der Waals surface area contributed by atoms with E-state index >= 15 is 0 Å². The van der Waals surface area contributed by atoms with E-state index in [1.54, 1.807) is 11.9 Å². The van der Waals surface area contributed by atoms with Gasteiger partial charge < -0.3 is 14.4 Å². The number of hydrogen-bond acceptors (Lipinski definition) is 4. The van der Waals surface area contributed by atoms with Crippen molar-refractivity contribution in [3.05, 3.63) is 0 Å². The Morgan fingerprint density at radius 3 is 2.75 bits per heavy atom. The van der Waals surface area contributed by atoms with Crippen molar-refractivity contribution in [2.24, 2.45) is 0 Å². The number of carbonyl (C=O) groups is 2. The minimum atomic E-state index is -0.348. The molecule has 0 aliphatic carbocycles. The average molecular weight is 229 g/mol. The molecule has 5 nitrogen and oxygen atoms in total. The first-order valence-electron chi connectivity index (χ1n) is 5.56. The van der Waals surface area contributed by atoms with Gasteiger partial charge in [0.25, 0.3) is 0 Å². The molecule has 92 valence electrons. The SMILES string of the molecule is COC(=O)CCC(=O)N(C)CC1CCCO1. The van der Waals surface area contributed by atoms with Gasteiger partial charge in [-0.05, 0) is 12.8 Å². The topological polar surface area (TPSA) is 55.8 Å².